The number of hydrogen-bond donors (Lipinski definition) is 2. The van der Waals surface area contributed by atoms with Gasteiger partial charge in [-0.2, -0.15) is 0 Å². The molecule has 22 heavy (non-hydrogen) atoms. The summed E-state index contributed by atoms with van der Waals surface area (Å²) < 4.78 is 5.40. The molecular formula is C16H32N4O2. The first-order valence-corrected chi connectivity index (χ1v) is 8.18. The molecule has 1 unspecified atom stereocenters. The van der Waals surface area contributed by atoms with Crippen LogP contribution in [0.4, 0.5) is 0 Å². The maximum Gasteiger partial charge on any atom is 0.225 e. The van der Waals surface area contributed by atoms with Crippen molar-refractivity contribution in [3.63, 3.8) is 0 Å². The highest BCUT2D eigenvalue weighted by molar-refractivity contribution is 5.81. The van der Waals surface area contributed by atoms with Crippen molar-refractivity contribution in [1.82, 2.24) is 15.5 Å². The van der Waals surface area contributed by atoms with Gasteiger partial charge in [0.05, 0.1) is 12.1 Å². The molecule has 0 radical (unpaired) electrons. The van der Waals surface area contributed by atoms with Gasteiger partial charge in [-0.3, -0.25) is 9.79 Å². The van der Waals surface area contributed by atoms with Gasteiger partial charge in [0, 0.05) is 38.7 Å². The third-order valence-corrected chi connectivity index (χ3v) is 3.85. The molecule has 0 aliphatic carbocycles. The molecule has 1 aliphatic rings. The van der Waals surface area contributed by atoms with Crippen molar-refractivity contribution in [3.8, 4) is 0 Å². The molecule has 0 aromatic heterocycles. The molecule has 0 aromatic carbocycles. The molecule has 0 saturated carbocycles. The number of carbonyl (C=O) groups excluding carboxylic acids is 1. The Morgan fingerprint density at radius 3 is 2.68 bits per heavy atom. The van der Waals surface area contributed by atoms with Crippen LogP contribution in [0.3, 0.4) is 0 Å². The summed E-state index contributed by atoms with van der Waals surface area (Å²) in [4.78, 5) is 18.6. The Kier molecular flexibility index (Phi) is 7.13. The van der Waals surface area contributed by atoms with E-state index >= 15 is 0 Å². The lowest BCUT2D eigenvalue weighted by Gasteiger charge is -2.23. The van der Waals surface area contributed by atoms with E-state index in [1.165, 1.54) is 0 Å². The molecule has 1 heterocycles. The summed E-state index contributed by atoms with van der Waals surface area (Å²) in [5, 5.41) is 6.68. The van der Waals surface area contributed by atoms with E-state index in [-0.39, 0.29) is 23.5 Å². The number of methoxy groups -OCH3 is 1. The average molecular weight is 312 g/mol. The molecule has 0 aromatic rings. The molecule has 1 rings (SSSR count). The largest absolute Gasteiger partial charge is 0.377 e. The molecule has 0 spiro atoms. The second-order valence-corrected chi connectivity index (χ2v) is 6.73. The summed E-state index contributed by atoms with van der Waals surface area (Å²) in [5.41, 5.74) is -0.280. The summed E-state index contributed by atoms with van der Waals surface area (Å²) in [6.45, 7) is 12.9. The minimum Gasteiger partial charge on any atom is -0.377 e. The van der Waals surface area contributed by atoms with Crippen LogP contribution in [0.25, 0.3) is 0 Å². The van der Waals surface area contributed by atoms with Crippen LogP contribution >= 0.6 is 0 Å². The summed E-state index contributed by atoms with van der Waals surface area (Å²) in [6, 6.07) is 0.256. The first kappa shape index (κ1) is 18.7. The Morgan fingerprint density at radius 1 is 1.45 bits per heavy atom. The van der Waals surface area contributed by atoms with Gasteiger partial charge in [-0.25, -0.2) is 0 Å². The number of ether oxygens (including phenoxy) is 1. The van der Waals surface area contributed by atoms with Crippen LogP contribution in [-0.2, 0) is 9.53 Å². The van der Waals surface area contributed by atoms with Crippen molar-refractivity contribution < 1.29 is 9.53 Å². The Morgan fingerprint density at radius 2 is 2.14 bits per heavy atom. The first-order valence-electron chi connectivity index (χ1n) is 8.18. The van der Waals surface area contributed by atoms with E-state index in [1.807, 2.05) is 39.5 Å². The van der Waals surface area contributed by atoms with Gasteiger partial charge in [0.2, 0.25) is 5.91 Å². The minimum atomic E-state index is -0.280. The fourth-order valence-electron chi connectivity index (χ4n) is 2.29. The Hall–Kier alpha value is -1.30. The van der Waals surface area contributed by atoms with Gasteiger partial charge in [0.1, 0.15) is 0 Å². The van der Waals surface area contributed by atoms with Crippen molar-refractivity contribution in [2.24, 2.45) is 10.9 Å². The third kappa shape index (κ3) is 5.83. The van der Waals surface area contributed by atoms with Crippen LogP contribution in [-0.4, -0.2) is 61.7 Å². The first-order chi connectivity index (χ1) is 10.3. The highest BCUT2D eigenvalue weighted by Crippen LogP contribution is 2.13. The lowest BCUT2D eigenvalue weighted by molar-refractivity contribution is -0.133. The monoisotopic (exact) mass is 312 g/mol. The van der Waals surface area contributed by atoms with Gasteiger partial charge in [-0.1, -0.05) is 13.8 Å². The molecule has 128 valence electrons. The molecule has 1 amide bonds. The summed E-state index contributed by atoms with van der Waals surface area (Å²) in [6.07, 6.45) is 0.955. The molecule has 1 fully saturated rings. The molecule has 6 heteroatoms. The Bertz CT molecular complexity index is 394. The molecule has 1 atom stereocenters. The van der Waals surface area contributed by atoms with Crippen LogP contribution < -0.4 is 10.6 Å². The van der Waals surface area contributed by atoms with Crippen molar-refractivity contribution in [2.75, 3.05) is 33.3 Å². The molecule has 6 nitrogen and oxygen atoms in total. The third-order valence-electron chi connectivity index (χ3n) is 3.85. The summed E-state index contributed by atoms with van der Waals surface area (Å²) >= 11 is 0. The Balaban J connectivity index is 2.58. The van der Waals surface area contributed by atoms with Gasteiger partial charge in [0.25, 0.3) is 0 Å². The predicted molar refractivity (Wildman–Crippen MR) is 90.0 cm³/mol. The van der Waals surface area contributed by atoms with E-state index in [1.54, 1.807) is 7.11 Å². The summed E-state index contributed by atoms with van der Waals surface area (Å²) in [5.74, 6) is 1.08. The molecule has 1 saturated heterocycles. The Labute approximate surface area is 134 Å². The van der Waals surface area contributed by atoms with E-state index in [2.05, 4.69) is 15.6 Å². The number of nitrogens with one attached hydrogen (secondary N) is 2. The van der Waals surface area contributed by atoms with Crippen molar-refractivity contribution in [3.05, 3.63) is 0 Å². The van der Waals surface area contributed by atoms with Crippen LogP contribution in [0.2, 0.25) is 0 Å². The fraction of sp³-hybridized carbons (Fsp3) is 0.875. The van der Waals surface area contributed by atoms with Gasteiger partial charge < -0.3 is 20.3 Å². The SMILES string of the molecule is CCNC(=NCC(C)(C)OC)NC1CCN(C(=O)C(C)C)C1. The number of guanidine groups is 1. The maximum absolute atomic E-state index is 12.0. The number of nitrogens with zero attached hydrogens (tertiary/aromatic N) is 2. The lowest BCUT2D eigenvalue weighted by Crippen LogP contribution is -2.46. The van der Waals surface area contributed by atoms with E-state index in [0.29, 0.717) is 6.54 Å². The number of amides is 1. The quantitative estimate of drug-likeness (QED) is 0.572. The summed E-state index contributed by atoms with van der Waals surface area (Å²) in [7, 11) is 1.70. The molecule has 2 N–H and O–H groups in total. The van der Waals surface area contributed by atoms with E-state index < -0.39 is 0 Å². The normalized spacial score (nSPS) is 19.7. The van der Waals surface area contributed by atoms with E-state index in [4.69, 9.17) is 4.74 Å². The molecule has 1 aliphatic heterocycles. The standard InChI is InChI=1S/C16H32N4O2/c1-7-17-15(18-11-16(4,5)22-6)19-13-8-9-20(10-13)14(21)12(2)3/h12-13H,7-11H2,1-6H3,(H2,17,18,19). The highest BCUT2D eigenvalue weighted by Gasteiger charge is 2.28. The van der Waals surface area contributed by atoms with Gasteiger partial charge in [-0.05, 0) is 27.2 Å². The second kappa shape index (κ2) is 8.36. The smallest absolute Gasteiger partial charge is 0.225 e. The average Bonchev–Trinajstić information content (AvgIpc) is 2.92. The zero-order valence-electron chi connectivity index (χ0n) is 14.9. The van der Waals surface area contributed by atoms with Crippen LogP contribution in [0.5, 0.6) is 0 Å². The van der Waals surface area contributed by atoms with Crippen LogP contribution in [0.1, 0.15) is 41.0 Å². The molecule has 0 bridgehead atoms. The fourth-order valence-corrected chi connectivity index (χ4v) is 2.29. The van der Waals surface area contributed by atoms with E-state index in [0.717, 1.165) is 32.0 Å². The van der Waals surface area contributed by atoms with E-state index in [9.17, 15) is 4.79 Å². The number of likely N-dealkylation sites (tertiary alicyclic amines) is 1. The van der Waals surface area contributed by atoms with Crippen molar-refractivity contribution in [1.29, 1.82) is 0 Å². The van der Waals surface area contributed by atoms with Gasteiger partial charge in [-0.15, -0.1) is 0 Å². The van der Waals surface area contributed by atoms with Gasteiger partial charge >= 0.3 is 0 Å². The van der Waals surface area contributed by atoms with Crippen LogP contribution in [0.15, 0.2) is 4.99 Å². The molecular weight excluding hydrogens is 280 g/mol. The number of aliphatic imine (C=N–C) groups is 1. The number of rotatable bonds is 6. The van der Waals surface area contributed by atoms with Crippen molar-refractivity contribution in [2.45, 2.75) is 52.7 Å². The van der Waals surface area contributed by atoms with Crippen molar-refractivity contribution >= 4 is 11.9 Å². The maximum atomic E-state index is 12.0. The highest BCUT2D eigenvalue weighted by atomic mass is 16.5. The number of carbonyl (C=O) groups is 1. The zero-order valence-corrected chi connectivity index (χ0v) is 14.9. The lowest BCUT2D eigenvalue weighted by atomic mass is 10.1. The number of hydrogen-bond acceptors (Lipinski definition) is 3. The zero-order chi connectivity index (χ0) is 16.8. The predicted octanol–water partition coefficient (Wildman–Crippen LogP) is 1.22. The minimum absolute atomic E-state index is 0.0585. The van der Waals surface area contributed by atoms with Gasteiger partial charge in [0.15, 0.2) is 5.96 Å². The second-order valence-electron chi connectivity index (χ2n) is 6.73. The topological polar surface area (TPSA) is 66.0 Å². The van der Waals surface area contributed by atoms with Crippen LogP contribution in [0, 0.1) is 5.92 Å².